The number of aryl methyl sites for hydroxylation is 1. The van der Waals surface area contributed by atoms with E-state index in [4.69, 9.17) is 11.8 Å². The first kappa shape index (κ1) is 8.97. The topological polar surface area (TPSA) is 34.0 Å². The number of aromatic nitrogens is 3. The van der Waals surface area contributed by atoms with Crippen molar-refractivity contribution in [3.8, 4) is 0 Å². The maximum Gasteiger partial charge on any atom is 0.135 e. The van der Waals surface area contributed by atoms with Gasteiger partial charge in [-0.05, 0) is 24.6 Å². The molecule has 1 aromatic rings. The number of hydrogen-bond acceptors (Lipinski definition) is 3. The minimum absolute atomic E-state index is 0.530. The smallest absolute Gasteiger partial charge is 0.135 e. The molecule has 0 aromatic carbocycles. The van der Waals surface area contributed by atoms with E-state index in [9.17, 15) is 0 Å². The molecule has 1 aliphatic rings. The summed E-state index contributed by atoms with van der Waals surface area (Å²) in [6.45, 7) is 1.89. The molecule has 4 nitrogen and oxygen atoms in total. The van der Waals surface area contributed by atoms with Crippen molar-refractivity contribution >= 4 is 11.8 Å². The van der Waals surface area contributed by atoms with E-state index in [1.807, 2.05) is 16.0 Å². The molecule has 1 fully saturated rings. The number of halogens is 1. The third kappa shape index (κ3) is 1.84. The number of rotatable bonds is 1. The van der Waals surface area contributed by atoms with Crippen molar-refractivity contribution in [3.05, 3.63) is 12.2 Å². The molecule has 1 aromatic heterocycles. The molecule has 0 unspecified atom stereocenters. The Morgan fingerprint density at radius 3 is 2.69 bits per heavy atom. The van der Waals surface area contributed by atoms with E-state index < -0.39 is 0 Å². The Morgan fingerprint density at radius 1 is 1.46 bits per heavy atom. The van der Waals surface area contributed by atoms with Gasteiger partial charge in [0.05, 0.1) is 0 Å². The van der Waals surface area contributed by atoms with Crippen LogP contribution < -0.4 is 0 Å². The molecule has 2 rings (SSSR count). The fourth-order valence-corrected chi connectivity index (χ4v) is 1.96. The van der Waals surface area contributed by atoms with Crippen LogP contribution in [0.25, 0.3) is 0 Å². The summed E-state index contributed by atoms with van der Waals surface area (Å²) in [6.07, 6.45) is 3.91. The van der Waals surface area contributed by atoms with Gasteiger partial charge in [-0.2, -0.15) is 0 Å². The standard InChI is InChI=1S/C8H13ClN4/c1-12-6-10-11-8(12)7-2-4-13(9)5-3-7/h6-7H,2-5H2,1H3. The first-order valence-electron chi connectivity index (χ1n) is 4.52. The number of hydrogen-bond donors (Lipinski definition) is 0. The summed E-state index contributed by atoms with van der Waals surface area (Å²) in [4.78, 5) is 0. The van der Waals surface area contributed by atoms with E-state index in [1.165, 1.54) is 0 Å². The van der Waals surface area contributed by atoms with Crippen molar-refractivity contribution < 1.29 is 0 Å². The van der Waals surface area contributed by atoms with Gasteiger partial charge >= 0.3 is 0 Å². The van der Waals surface area contributed by atoms with Crippen LogP contribution in [0.2, 0.25) is 0 Å². The summed E-state index contributed by atoms with van der Waals surface area (Å²) in [5.74, 6) is 1.62. The summed E-state index contributed by atoms with van der Waals surface area (Å²) in [5, 5.41) is 8.00. The van der Waals surface area contributed by atoms with Gasteiger partial charge in [0, 0.05) is 26.1 Å². The minimum Gasteiger partial charge on any atom is -0.320 e. The van der Waals surface area contributed by atoms with Gasteiger partial charge in [-0.3, -0.25) is 0 Å². The molecule has 0 N–H and O–H groups in total. The zero-order valence-corrected chi connectivity index (χ0v) is 8.41. The minimum atomic E-state index is 0.530. The molecule has 0 saturated carbocycles. The second-order valence-corrected chi connectivity index (χ2v) is 3.96. The Kier molecular flexibility index (Phi) is 2.51. The monoisotopic (exact) mass is 200 g/mol. The Labute approximate surface area is 82.6 Å². The third-order valence-corrected chi connectivity index (χ3v) is 2.89. The molecule has 2 heterocycles. The predicted molar refractivity (Wildman–Crippen MR) is 50.4 cm³/mol. The third-order valence-electron chi connectivity index (χ3n) is 2.55. The second-order valence-electron chi connectivity index (χ2n) is 3.48. The van der Waals surface area contributed by atoms with Crippen LogP contribution in [-0.4, -0.2) is 32.3 Å². The lowest BCUT2D eigenvalue weighted by Crippen LogP contribution is -2.26. The van der Waals surface area contributed by atoms with Crippen molar-refractivity contribution in [3.63, 3.8) is 0 Å². The fraction of sp³-hybridized carbons (Fsp3) is 0.750. The molecule has 5 heteroatoms. The lowest BCUT2D eigenvalue weighted by molar-refractivity contribution is 0.325. The molecule has 0 amide bonds. The quantitative estimate of drug-likeness (QED) is 0.638. The van der Waals surface area contributed by atoms with Gasteiger partial charge in [-0.1, -0.05) is 0 Å². The summed E-state index contributed by atoms with van der Waals surface area (Å²) in [5.41, 5.74) is 0. The van der Waals surface area contributed by atoms with Crippen LogP contribution in [0, 0.1) is 0 Å². The molecule has 72 valence electrons. The van der Waals surface area contributed by atoms with E-state index >= 15 is 0 Å². The van der Waals surface area contributed by atoms with Gasteiger partial charge in [-0.15, -0.1) is 10.2 Å². The summed E-state index contributed by atoms with van der Waals surface area (Å²) < 4.78 is 3.83. The van der Waals surface area contributed by atoms with E-state index in [1.54, 1.807) is 6.33 Å². The molecule has 1 aliphatic heterocycles. The Morgan fingerprint density at radius 2 is 2.15 bits per heavy atom. The van der Waals surface area contributed by atoms with Crippen molar-refractivity contribution in [2.24, 2.45) is 7.05 Å². The largest absolute Gasteiger partial charge is 0.320 e. The lowest BCUT2D eigenvalue weighted by Gasteiger charge is -2.25. The highest BCUT2D eigenvalue weighted by atomic mass is 35.5. The van der Waals surface area contributed by atoms with Gasteiger partial charge in [0.25, 0.3) is 0 Å². The molecule has 0 aliphatic carbocycles. The molecule has 0 spiro atoms. The maximum absolute atomic E-state index is 5.87. The van der Waals surface area contributed by atoms with Gasteiger partial charge in [0.2, 0.25) is 0 Å². The fourth-order valence-electron chi connectivity index (χ4n) is 1.77. The molecule has 13 heavy (non-hydrogen) atoms. The van der Waals surface area contributed by atoms with E-state index in [0.717, 1.165) is 31.8 Å². The first-order chi connectivity index (χ1) is 6.27. The van der Waals surface area contributed by atoms with Crippen molar-refractivity contribution in [1.29, 1.82) is 0 Å². The van der Waals surface area contributed by atoms with Crippen LogP contribution in [0.5, 0.6) is 0 Å². The molecular formula is C8H13ClN4. The summed E-state index contributed by atoms with van der Waals surface area (Å²) >= 11 is 5.87. The van der Waals surface area contributed by atoms with Gasteiger partial charge < -0.3 is 4.57 Å². The van der Waals surface area contributed by atoms with Crippen LogP contribution in [-0.2, 0) is 7.05 Å². The predicted octanol–water partition coefficient (Wildman–Crippen LogP) is 1.15. The van der Waals surface area contributed by atoms with E-state index in [2.05, 4.69) is 10.2 Å². The average molecular weight is 201 g/mol. The van der Waals surface area contributed by atoms with Crippen LogP contribution in [0.3, 0.4) is 0 Å². The molecular weight excluding hydrogens is 188 g/mol. The van der Waals surface area contributed by atoms with Crippen molar-refractivity contribution in [2.75, 3.05) is 13.1 Å². The molecule has 0 radical (unpaired) electrons. The van der Waals surface area contributed by atoms with Gasteiger partial charge in [0.15, 0.2) is 0 Å². The molecule has 1 saturated heterocycles. The maximum atomic E-state index is 5.87. The average Bonchev–Trinajstić information content (AvgIpc) is 2.53. The van der Waals surface area contributed by atoms with Crippen molar-refractivity contribution in [2.45, 2.75) is 18.8 Å². The lowest BCUT2D eigenvalue weighted by atomic mass is 9.97. The highest BCUT2D eigenvalue weighted by molar-refractivity contribution is 6.13. The first-order valence-corrected chi connectivity index (χ1v) is 4.86. The summed E-state index contributed by atoms with van der Waals surface area (Å²) in [7, 11) is 1.99. The van der Waals surface area contributed by atoms with Crippen LogP contribution in [0.1, 0.15) is 24.6 Å². The van der Waals surface area contributed by atoms with Crippen LogP contribution >= 0.6 is 11.8 Å². The SMILES string of the molecule is Cn1cnnc1C1CCN(Cl)CC1. The van der Waals surface area contributed by atoms with Gasteiger partial charge in [-0.25, -0.2) is 4.42 Å². The highest BCUT2D eigenvalue weighted by Crippen LogP contribution is 2.26. The zero-order valence-electron chi connectivity index (χ0n) is 7.65. The molecule has 0 bridgehead atoms. The number of piperidine rings is 1. The normalized spacial score (nSPS) is 20.8. The highest BCUT2D eigenvalue weighted by Gasteiger charge is 2.22. The Bertz CT molecular complexity index is 277. The van der Waals surface area contributed by atoms with Gasteiger partial charge in [0.1, 0.15) is 12.2 Å². The summed E-state index contributed by atoms with van der Waals surface area (Å²) in [6, 6.07) is 0. The Hall–Kier alpha value is -0.610. The molecule has 0 atom stereocenters. The van der Waals surface area contributed by atoms with Crippen LogP contribution in [0.15, 0.2) is 6.33 Å². The van der Waals surface area contributed by atoms with Crippen molar-refractivity contribution in [1.82, 2.24) is 19.2 Å². The Balaban J connectivity index is 2.06. The zero-order chi connectivity index (χ0) is 9.26. The van der Waals surface area contributed by atoms with E-state index in [0.29, 0.717) is 5.92 Å². The van der Waals surface area contributed by atoms with E-state index in [-0.39, 0.29) is 0 Å². The number of nitrogens with zero attached hydrogens (tertiary/aromatic N) is 4. The second kappa shape index (κ2) is 3.64. The van der Waals surface area contributed by atoms with Crippen LogP contribution in [0.4, 0.5) is 0 Å².